The second kappa shape index (κ2) is 6.63. The summed E-state index contributed by atoms with van der Waals surface area (Å²) in [5.41, 5.74) is 6.77. The van der Waals surface area contributed by atoms with E-state index >= 15 is 0 Å². The lowest BCUT2D eigenvalue weighted by Gasteiger charge is -2.18. The number of nitrogens with two attached hydrogens (primary N) is 1. The van der Waals surface area contributed by atoms with Crippen molar-refractivity contribution in [2.24, 2.45) is 5.73 Å². The summed E-state index contributed by atoms with van der Waals surface area (Å²) < 4.78 is 1.09. The van der Waals surface area contributed by atoms with E-state index in [2.05, 4.69) is 42.9 Å². The van der Waals surface area contributed by atoms with Gasteiger partial charge in [0.05, 0.1) is 0 Å². The summed E-state index contributed by atoms with van der Waals surface area (Å²) in [7, 11) is 2.02. The third-order valence-corrected chi connectivity index (χ3v) is 3.31. The van der Waals surface area contributed by atoms with Crippen molar-refractivity contribution in [2.45, 2.75) is 13.0 Å². The van der Waals surface area contributed by atoms with Gasteiger partial charge in [0, 0.05) is 30.7 Å². The molecule has 100 valence electrons. The lowest BCUT2D eigenvalue weighted by Crippen LogP contribution is -2.19. The smallest absolute Gasteiger partial charge is 0.132 e. The molecule has 5 heteroatoms. The van der Waals surface area contributed by atoms with Crippen LogP contribution in [0, 0.1) is 0 Å². The summed E-state index contributed by atoms with van der Waals surface area (Å²) in [6.45, 7) is 1.38. The van der Waals surface area contributed by atoms with Gasteiger partial charge in [0.25, 0.3) is 0 Å². The fraction of sp³-hybridized carbons (Fsp3) is 0.286. The normalized spacial score (nSPS) is 10.5. The minimum absolute atomic E-state index is 0.569. The Balaban J connectivity index is 2.08. The van der Waals surface area contributed by atoms with Crippen LogP contribution in [0.1, 0.15) is 11.4 Å². The number of rotatable bonds is 5. The highest BCUT2D eigenvalue weighted by Crippen LogP contribution is 2.15. The Bertz CT molecular complexity index is 527. The van der Waals surface area contributed by atoms with Crippen LogP contribution in [0.4, 0.5) is 5.82 Å². The molecule has 0 bridgehead atoms. The zero-order valence-corrected chi connectivity index (χ0v) is 12.5. The van der Waals surface area contributed by atoms with E-state index in [9.17, 15) is 0 Å². The Morgan fingerprint density at radius 2 is 1.95 bits per heavy atom. The standard InChI is InChI=1S/C14H17BrN4/c1-19(10-11-2-4-12(15)5-3-11)14-7-9-17-13(18-14)6-8-16/h2-5,7,9H,6,8,10,16H2,1H3. The van der Waals surface area contributed by atoms with Crippen LogP contribution in [-0.2, 0) is 13.0 Å². The average molecular weight is 321 g/mol. The second-order valence-corrected chi connectivity index (χ2v) is 5.27. The number of aromatic nitrogens is 2. The first-order chi connectivity index (χ1) is 9.19. The fourth-order valence-electron chi connectivity index (χ4n) is 1.80. The molecule has 1 aromatic heterocycles. The molecular weight excluding hydrogens is 304 g/mol. The predicted octanol–water partition coefficient (Wildman–Crippen LogP) is 2.38. The van der Waals surface area contributed by atoms with Crippen LogP contribution in [0.2, 0.25) is 0 Å². The van der Waals surface area contributed by atoms with E-state index in [1.165, 1.54) is 5.56 Å². The molecule has 0 aliphatic heterocycles. The molecule has 2 N–H and O–H groups in total. The van der Waals surface area contributed by atoms with Gasteiger partial charge in [0.15, 0.2) is 0 Å². The van der Waals surface area contributed by atoms with Crippen LogP contribution in [0.3, 0.4) is 0 Å². The molecule has 1 aromatic carbocycles. The van der Waals surface area contributed by atoms with Gasteiger partial charge in [-0.2, -0.15) is 0 Å². The van der Waals surface area contributed by atoms with Gasteiger partial charge in [-0.15, -0.1) is 0 Å². The first kappa shape index (κ1) is 14.0. The lowest BCUT2D eigenvalue weighted by atomic mass is 10.2. The summed E-state index contributed by atoms with van der Waals surface area (Å²) in [6, 6.07) is 10.2. The minimum Gasteiger partial charge on any atom is -0.355 e. The third kappa shape index (κ3) is 4.01. The van der Waals surface area contributed by atoms with E-state index in [4.69, 9.17) is 5.73 Å². The van der Waals surface area contributed by atoms with E-state index in [0.29, 0.717) is 13.0 Å². The molecule has 0 saturated carbocycles. The molecule has 0 saturated heterocycles. The number of nitrogens with zero attached hydrogens (tertiary/aromatic N) is 3. The van der Waals surface area contributed by atoms with Crippen molar-refractivity contribution in [1.29, 1.82) is 0 Å². The van der Waals surface area contributed by atoms with Gasteiger partial charge in [-0.25, -0.2) is 9.97 Å². The molecule has 2 rings (SSSR count). The average Bonchev–Trinajstić information content (AvgIpc) is 2.42. The van der Waals surface area contributed by atoms with Crippen LogP contribution >= 0.6 is 15.9 Å². The van der Waals surface area contributed by atoms with Crippen molar-refractivity contribution in [2.75, 3.05) is 18.5 Å². The number of halogens is 1. The highest BCUT2D eigenvalue weighted by atomic mass is 79.9. The van der Waals surface area contributed by atoms with Gasteiger partial charge in [-0.05, 0) is 30.3 Å². The zero-order chi connectivity index (χ0) is 13.7. The monoisotopic (exact) mass is 320 g/mol. The van der Waals surface area contributed by atoms with Gasteiger partial charge in [-0.1, -0.05) is 28.1 Å². The Morgan fingerprint density at radius 1 is 1.21 bits per heavy atom. The summed E-state index contributed by atoms with van der Waals surface area (Å²) >= 11 is 3.44. The highest BCUT2D eigenvalue weighted by Gasteiger charge is 2.05. The van der Waals surface area contributed by atoms with Crippen molar-refractivity contribution < 1.29 is 0 Å². The van der Waals surface area contributed by atoms with Gasteiger partial charge in [-0.3, -0.25) is 0 Å². The molecule has 0 aliphatic rings. The maximum Gasteiger partial charge on any atom is 0.132 e. The predicted molar refractivity (Wildman–Crippen MR) is 81.0 cm³/mol. The molecule has 0 fully saturated rings. The first-order valence-electron chi connectivity index (χ1n) is 6.16. The topological polar surface area (TPSA) is 55.0 Å². The number of hydrogen-bond donors (Lipinski definition) is 1. The molecule has 4 nitrogen and oxygen atoms in total. The molecule has 2 aromatic rings. The molecular formula is C14H17BrN4. The molecule has 0 amide bonds. The number of anilines is 1. The zero-order valence-electron chi connectivity index (χ0n) is 10.9. The van der Waals surface area contributed by atoms with E-state index in [1.54, 1.807) is 6.20 Å². The molecule has 0 spiro atoms. The van der Waals surface area contributed by atoms with E-state index in [0.717, 1.165) is 22.7 Å². The van der Waals surface area contributed by atoms with Crippen LogP contribution in [-0.4, -0.2) is 23.6 Å². The van der Waals surface area contributed by atoms with Gasteiger partial charge < -0.3 is 10.6 Å². The van der Waals surface area contributed by atoms with E-state index in [1.807, 2.05) is 25.2 Å². The van der Waals surface area contributed by atoms with Crippen molar-refractivity contribution in [1.82, 2.24) is 9.97 Å². The molecule has 0 aliphatic carbocycles. The summed E-state index contributed by atoms with van der Waals surface area (Å²) in [4.78, 5) is 10.8. The lowest BCUT2D eigenvalue weighted by molar-refractivity contribution is 0.832. The fourth-order valence-corrected chi connectivity index (χ4v) is 2.06. The van der Waals surface area contributed by atoms with Crippen molar-refractivity contribution >= 4 is 21.7 Å². The van der Waals surface area contributed by atoms with E-state index < -0.39 is 0 Å². The Morgan fingerprint density at radius 3 is 2.63 bits per heavy atom. The van der Waals surface area contributed by atoms with Crippen molar-refractivity contribution in [3.05, 3.63) is 52.4 Å². The van der Waals surface area contributed by atoms with Crippen molar-refractivity contribution in [3.8, 4) is 0 Å². The molecule has 0 radical (unpaired) electrons. The van der Waals surface area contributed by atoms with Crippen LogP contribution in [0.15, 0.2) is 41.0 Å². The molecule has 0 unspecified atom stereocenters. The Labute approximate surface area is 121 Å². The second-order valence-electron chi connectivity index (χ2n) is 4.35. The van der Waals surface area contributed by atoms with Crippen LogP contribution in [0.5, 0.6) is 0 Å². The summed E-state index contributed by atoms with van der Waals surface area (Å²) in [5, 5.41) is 0. The largest absolute Gasteiger partial charge is 0.355 e. The van der Waals surface area contributed by atoms with Crippen LogP contribution < -0.4 is 10.6 Å². The highest BCUT2D eigenvalue weighted by molar-refractivity contribution is 9.10. The number of benzene rings is 1. The SMILES string of the molecule is CN(Cc1ccc(Br)cc1)c1ccnc(CCN)n1. The maximum absolute atomic E-state index is 5.53. The summed E-state index contributed by atoms with van der Waals surface area (Å²) in [6.07, 6.45) is 2.49. The first-order valence-corrected chi connectivity index (χ1v) is 6.96. The molecule has 0 atom stereocenters. The van der Waals surface area contributed by atoms with E-state index in [-0.39, 0.29) is 0 Å². The third-order valence-electron chi connectivity index (χ3n) is 2.78. The summed E-state index contributed by atoms with van der Waals surface area (Å²) in [5.74, 6) is 1.71. The van der Waals surface area contributed by atoms with Crippen LogP contribution in [0.25, 0.3) is 0 Å². The van der Waals surface area contributed by atoms with Gasteiger partial charge in [0.2, 0.25) is 0 Å². The van der Waals surface area contributed by atoms with Crippen molar-refractivity contribution in [3.63, 3.8) is 0 Å². The molecule has 1 heterocycles. The quantitative estimate of drug-likeness (QED) is 0.919. The number of hydrogen-bond acceptors (Lipinski definition) is 4. The maximum atomic E-state index is 5.53. The van der Waals surface area contributed by atoms with Gasteiger partial charge in [0.1, 0.15) is 11.6 Å². The molecule has 19 heavy (non-hydrogen) atoms. The Kier molecular flexibility index (Phi) is 4.87. The minimum atomic E-state index is 0.569. The van der Waals surface area contributed by atoms with Gasteiger partial charge >= 0.3 is 0 Å². The Hall–Kier alpha value is -1.46.